The van der Waals surface area contributed by atoms with Crippen molar-refractivity contribution in [2.45, 2.75) is 83.3 Å². The standard InChI is InChI=1S/C26H39ClN4O4/c1-3-31(18(2)20-7-5-4-6-8-20)25(33)28-22-13-15-30(16-14-22)24(32)23(29-26(34)35)17-19-9-11-21(27)12-10-19/h9-12,18,20,22-23,29H,3-8,13-17H2,1-2H3,(H,28,33)(H,34,35)/t18?,23-/m1/s1. The molecule has 2 fully saturated rings. The van der Waals surface area contributed by atoms with Crippen LogP contribution in [0.1, 0.15) is 64.4 Å². The maximum atomic E-state index is 13.1. The summed E-state index contributed by atoms with van der Waals surface area (Å²) in [5.74, 6) is 0.321. The first-order valence-corrected chi connectivity index (χ1v) is 13.3. The summed E-state index contributed by atoms with van der Waals surface area (Å²) in [6.07, 6.45) is 6.48. The van der Waals surface area contributed by atoms with Crippen LogP contribution in [0.4, 0.5) is 9.59 Å². The number of piperidine rings is 1. The van der Waals surface area contributed by atoms with E-state index >= 15 is 0 Å². The second-order valence-corrected chi connectivity index (χ2v) is 10.2. The number of amides is 4. The summed E-state index contributed by atoms with van der Waals surface area (Å²) < 4.78 is 0. The molecule has 3 N–H and O–H groups in total. The Morgan fingerprint density at radius 2 is 1.71 bits per heavy atom. The molecule has 1 aliphatic heterocycles. The molecule has 1 saturated heterocycles. The van der Waals surface area contributed by atoms with Crippen LogP contribution < -0.4 is 10.6 Å². The highest BCUT2D eigenvalue weighted by atomic mass is 35.5. The number of carbonyl (C=O) groups is 3. The van der Waals surface area contributed by atoms with Crippen LogP contribution in [0.3, 0.4) is 0 Å². The highest BCUT2D eigenvalue weighted by Gasteiger charge is 2.32. The van der Waals surface area contributed by atoms with Crippen LogP contribution in [-0.2, 0) is 11.2 Å². The van der Waals surface area contributed by atoms with Gasteiger partial charge >= 0.3 is 12.1 Å². The van der Waals surface area contributed by atoms with Crippen LogP contribution in [0, 0.1) is 5.92 Å². The molecule has 4 amide bonds. The van der Waals surface area contributed by atoms with Gasteiger partial charge in [-0.25, -0.2) is 9.59 Å². The quantitative estimate of drug-likeness (QED) is 0.482. The van der Waals surface area contributed by atoms with Gasteiger partial charge in [-0.05, 0) is 63.1 Å². The fourth-order valence-electron chi connectivity index (χ4n) is 5.42. The van der Waals surface area contributed by atoms with Crippen LogP contribution in [-0.4, -0.2) is 70.7 Å². The van der Waals surface area contributed by atoms with Gasteiger partial charge < -0.3 is 25.5 Å². The lowest BCUT2D eigenvalue weighted by molar-refractivity contribution is -0.134. The summed E-state index contributed by atoms with van der Waals surface area (Å²) >= 11 is 5.93. The lowest BCUT2D eigenvalue weighted by Gasteiger charge is -2.38. The molecule has 1 aromatic carbocycles. The molecule has 2 aliphatic rings. The maximum absolute atomic E-state index is 13.1. The van der Waals surface area contributed by atoms with Gasteiger partial charge in [-0.3, -0.25) is 4.79 Å². The van der Waals surface area contributed by atoms with Crippen molar-refractivity contribution in [3.8, 4) is 0 Å². The summed E-state index contributed by atoms with van der Waals surface area (Å²) in [7, 11) is 0. The molecule has 1 heterocycles. The van der Waals surface area contributed by atoms with Gasteiger partial charge in [0.1, 0.15) is 6.04 Å². The minimum absolute atomic E-state index is 0.00121. The maximum Gasteiger partial charge on any atom is 0.405 e. The first kappa shape index (κ1) is 27.1. The number of benzene rings is 1. The molecular formula is C26H39ClN4O4. The lowest BCUT2D eigenvalue weighted by Crippen LogP contribution is -2.55. The van der Waals surface area contributed by atoms with Crippen molar-refractivity contribution in [2.75, 3.05) is 19.6 Å². The van der Waals surface area contributed by atoms with Crippen LogP contribution in [0.2, 0.25) is 5.02 Å². The van der Waals surface area contributed by atoms with Crippen molar-refractivity contribution >= 4 is 29.6 Å². The van der Waals surface area contributed by atoms with Gasteiger partial charge in [-0.2, -0.15) is 0 Å². The molecule has 194 valence electrons. The van der Waals surface area contributed by atoms with Crippen LogP contribution >= 0.6 is 11.6 Å². The predicted molar refractivity (Wildman–Crippen MR) is 137 cm³/mol. The summed E-state index contributed by atoms with van der Waals surface area (Å²) in [6.45, 7) is 5.82. The van der Waals surface area contributed by atoms with Gasteiger partial charge in [0, 0.05) is 43.2 Å². The van der Waals surface area contributed by atoms with E-state index in [9.17, 15) is 19.5 Å². The number of hydrogen-bond acceptors (Lipinski definition) is 3. The van der Waals surface area contributed by atoms with E-state index in [0.29, 0.717) is 43.4 Å². The smallest absolute Gasteiger partial charge is 0.405 e. The average molecular weight is 507 g/mol. The van der Waals surface area contributed by atoms with E-state index in [1.807, 2.05) is 11.8 Å². The minimum atomic E-state index is -1.23. The zero-order valence-corrected chi connectivity index (χ0v) is 21.6. The number of carbonyl (C=O) groups excluding carboxylic acids is 2. The average Bonchev–Trinajstić information content (AvgIpc) is 2.85. The summed E-state index contributed by atoms with van der Waals surface area (Å²) in [4.78, 5) is 41.1. The van der Waals surface area contributed by atoms with E-state index in [0.717, 1.165) is 5.56 Å². The van der Waals surface area contributed by atoms with E-state index in [-0.39, 0.29) is 30.4 Å². The van der Waals surface area contributed by atoms with E-state index in [4.69, 9.17) is 11.6 Å². The van der Waals surface area contributed by atoms with Gasteiger partial charge in [0.25, 0.3) is 0 Å². The Hall–Kier alpha value is -2.48. The van der Waals surface area contributed by atoms with Crippen LogP contribution in [0.25, 0.3) is 0 Å². The highest BCUT2D eigenvalue weighted by Crippen LogP contribution is 2.29. The Morgan fingerprint density at radius 3 is 2.29 bits per heavy atom. The fraction of sp³-hybridized carbons (Fsp3) is 0.654. The molecule has 1 aromatic rings. The largest absolute Gasteiger partial charge is 0.465 e. The van der Waals surface area contributed by atoms with Crippen molar-refractivity contribution in [2.24, 2.45) is 5.92 Å². The van der Waals surface area contributed by atoms with Crippen LogP contribution in [0.5, 0.6) is 0 Å². The predicted octanol–water partition coefficient (Wildman–Crippen LogP) is 4.51. The molecule has 9 heteroatoms. The Bertz CT molecular complexity index is 851. The normalized spacial score (nSPS) is 19.0. The Balaban J connectivity index is 1.52. The number of nitrogens with one attached hydrogen (secondary N) is 2. The topological polar surface area (TPSA) is 102 Å². The van der Waals surface area contributed by atoms with E-state index in [1.165, 1.54) is 32.1 Å². The zero-order valence-electron chi connectivity index (χ0n) is 20.8. The summed E-state index contributed by atoms with van der Waals surface area (Å²) in [5.41, 5.74) is 0.829. The molecule has 1 aliphatic carbocycles. The number of rotatable bonds is 8. The molecule has 0 aromatic heterocycles. The highest BCUT2D eigenvalue weighted by molar-refractivity contribution is 6.30. The molecule has 0 radical (unpaired) electrons. The van der Waals surface area contributed by atoms with Crippen molar-refractivity contribution in [1.29, 1.82) is 0 Å². The van der Waals surface area contributed by atoms with Crippen molar-refractivity contribution in [1.82, 2.24) is 20.4 Å². The van der Waals surface area contributed by atoms with Gasteiger partial charge in [0.05, 0.1) is 0 Å². The minimum Gasteiger partial charge on any atom is -0.465 e. The number of nitrogens with zero attached hydrogens (tertiary/aromatic N) is 2. The Kier molecular flexibility index (Phi) is 10.1. The molecule has 1 unspecified atom stereocenters. The molecule has 3 rings (SSSR count). The van der Waals surface area contributed by atoms with Crippen molar-refractivity contribution in [3.05, 3.63) is 34.9 Å². The molecule has 35 heavy (non-hydrogen) atoms. The monoisotopic (exact) mass is 506 g/mol. The van der Waals surface area contributed by atoms with Gasteiger partial charge in [-0.1, -0.05) is 43.0 Å². The summed E-state index contributed by atoms with van der Waals surface area (Å²) in [5, 5.41) is 15.4. The van der Waals surface area contributed by atoms with E-state index in [1.54, 1.807) is 29.2 Å². The number of urea groups is 1. The third-order valence-electron chi connectivity index (χ3n) is 7.51. The Morgan fingerprint density at radius 1 is 1.09 bits per heavy atom. The number of halogens is 1. The van der Waals surface area contributed by atoms with E-state index < -0.39 is 12.1 Å². The van der Waals surface area contributed by atoms with Gasteiger partial charge in [-0.15, -0.1) is 0 Å². The number of carboxylic acid groups (broad SMARTS) is 1. The number of hydrogen-bond donors (Lipinski definition) is 3. The first-order chi connectivity index (χ1) is 16.8. The fourth-order valence-corrected chi connectivity index (χ4v) is 5.54. The van der Waals surface area contributed by atoms with E-state index in [2.05, 4.69) is 17.6 Å². The Labute approximate surface area is 213 Å². The summed E-state index contributed by atoms with van der Waals surface area (Å²) in [6, 6.07) is 6.36. The molecular weight excluding hydrogens is 468 g/mol. The second kappa shape index (κ2) is 13.0. The first-order valence-electron chi connectivity index (χ1n) is 12.9. The molecule has 0 spiro atoms. The second-order valence-electron chi connectivity index (χ2n) is 9.81. The molecule has 0 bridgehead atoms. The van der Waals surface area contributed by atoms with Gasteiger partial charge in [0.15, 0.2) is 0 Å². The molecule has 1 saturated carbocycles. The SMILES string of the molecule is CCN(C(=O)NC1CCN(C(=O)[C@@H](Cc2ccc(Cl)cc2)NC(=O)O)CC1)C(C)C1CCCCC1. The van der Waals surface area contributed by atoms with Crippen molar-refractivity contribution < 1.29 is 19.5 Å². The van der Waals surface area contributed by atoms with Gasteiger partial charge in [0.2, 0.25) is 5.91 Å². The number of likely N-dealkylation sites (tertiary alicyclic amines) is 1. The molecule has 2 atom stereocenters. The zero-order chi connectivity index (χ0) is 25.4. The third-order valence-corrected chi connectivity index (χ3v) is 7.76. The van der Waals surface area contributed by atoms with Crippen LogP contribution in [0.15, 0.2) is 24.3 Å². The lowest BCUT2D eigenvalue weighted by atomic mass is 9.84. The molecule has 8 nitrogen and oxygen atoms in total. The third kappa shape index (κ3) is 7.75. The van der Waals surface area contributed by atoms with Crippen molar-refractivity contribution in [3.63, 3.8) is 0 Å².